The lowest BCUT2D eigenvalue weighted by molar-refractivity contribution is -0.136. The molecular weight excluding hydrogens is 291 g/mol. The molecule has 0 radical (unpaired) electrons. The number of benzene rings is 1. The Morgan fingerprint density at radius 1 is 1.19 bits per heavy atom. The van der Waals surface area contributed by atoms with Gasteiger partial charge in [-0.3, -0.25) is 9.59 Å². The predicted octanol–water partition coefficient (Wildman–Crippen LogP) is 3.15. The molecule has 0 saturated carbocycles. The normalized spacial score (nSPS) is 10.1. The Bertz CT molecular complexity index is 390. The van der Waals surface area contributed by atoms with Gasteiger partial charge < -0.3 is 0 Å². The standard InChI is InChI=1S/C12H12BrClO2/c13-10-5-2-1-4-9(10)8-12(16)11(15)6-3-7-14/h1-2,4-5H,3,6-8H2. The van der Waals surface area contributed by atoms with Crippen molar-refractivity contribution in [1.82, 2.24) is 0 Å². The maximum Gasteiger partial charge on any atom is 0.202 e. The molecule has 2 nitrogen and oxygen atoms in total. The summed E-state index contributed by atoms with van der Waals surface area (Å²) >= 11 is 8.81. The van der Waals surface area contributed by atoms with E-state index in [4.69, 9.17) is 11.6 Å². The number of carbonyl (C=O) groups is 2. The van der Waals surface area contributed by atoms with Gasteiger partial charge in [0.25, 0.3) is 0 Å². The molecule has 0 spiro atoms. The Kier molecular flexibility index (Phi) is 5.71. The summed E-state index contributed by atoms with van der Waals surface area (Å²) in [7, 11) is 0. The van der Waals surface area contributed by atoms with E-state index in [1.807, 2.05) is 24.3 Å². The largest absolute Gasteiger partial charge is 0.291 e. The van der Waals surface area contributed by atoms with Crippen LogP contribution in [0.4, 0.5) is 0 Å². The molecule has 16 heavy (non-hydrogen) atoms. The van der Waals surface area contributed by atoms with Gasteiger partial charge >= 0.3 is 0 Å². The first-order chi connectivity index (χ1) is 7.65. The SMILES string of the molecule is O=C(CCCCl)C(=O)Cc1ccccc1Br. The molecule has 0 heterocycles. The van der Waals surface area contributed by atoms with E-state index in [0.29, 0.717) is 12.3 Å². The summed E-state index contributed by atoms with van der Waals surface area (Å²) < 4.78 is 0.855. The number of ketones is 2. The van der Waals surface area contributed by atoms with E-state index in [2.05, 4.69) is 15.9 Å². The predicted molar refractivity (Wildman–Crippen MR) is 67.8 cm³/mol. The van der Waals surface area contributed by atoms with Crippen molar-refractivity contribution < 1.29 is 9.59 Å². The summed E-state index contributed by atoms with van der Waals surface area (Å²) in [6.45, 7) is 0. The number of carbonyl (C=O) groups excluding carboxylic acids is 2. The van der Waals surface area contributed by atoms with Gasteiger partial charge in [0, 0.05) is 23.2 Å². The molecule has 0 fully saturated rings. The van der Waals surface area contributed by atoms with Crippen LogP contribution in [-0.2, 0) is 16.0 Å². The molecule has 86 valence electrons. The van der Waals surface area contributed by atoms with E-state index in [1.165, 1.54) is 0 Å². The Labute approximate surface area is 108 Å². The van der Waals surface area contributed by atoms with E-state index in [0.717, 1.165) is 10.0 Å². The van der Waals surface area contributed by atoms with Crippen LogP contribution in [-0.4, -0.2) is 17.4 Å². The summed E-state index contributed by atoms with van der Waals surface area (Å²) in [6.07, 6.45) is 0.956. The Balaban J connectivity index is 2.58. The fourth-order valence-electron chi connectivity index (χ4n) is 1.28. The maximum atomic E-state index is 11.6. The van der Waals surface area contributed by atoms with Gasteiger partial charge in [0.1, 0.15) is 0 Å². The molecule has 0 bridgehead atoms. The average Bonchev–Trinajstić information content (AvgIpc) is 2.28. The highest BCUT2D eigenvalue weighted by Crippen LogP contribution is 2.16. The first-order valence-electron chi connectivity index (χ1n) is 5.00. The summed E-state index contributed by atoms with van der Waals surface area (Å²) in [5.74, 6) is -0.276. The van der Waals surface area contributed by atoms with Crippen LogP contribution in [0.5, 0.6) is 0 Å². The third kappa shape index (κ3) is 4.06. The fourth-order valence-corrected chi connectivity index (χ4v) is 1.84. The lowest BCUT2D eigenvalue weighted by Crippen LogP contribution is -2.16. The van der Waals surface area contributed by atoms with Crippen LogP contribution in [0, 0.1) is 0 Å². The molecule has 0 saturated heterocycles. The minimum atomic E-state index is -0.350. The van der Waals surface area contributed by atoms with Crippen LogP contribution < -0.4 is 0 Å². The smallest absolute Gasteiger partial charge is 0.202 e. The molecule has 1 rings (SSSR count). The van der Waals surface area contributed by atoms with Gasteiger partial charge in [-0.2, -0.15) is 0 Å². The zero-order valence-corrected chi connectivity index (χ0v) is 11.1. The number of hydrogen-bond donors (Lipinski definition) is 0. The first kappa shape index (κ1) is 13.4. The van der Waals surface area contributed by atoms with E-state index < -0.39 is 0 Å². The zero-order valence-electron chi connectivity index (χ0n) is 8.71. The monoisotopic (exact) mass is 302 g/mol. The molecule has 0 aliphatic rings. The fraction of sp³-hybridized carbons (Fsp3) is 0.333. The molecule has 1 aromatic rings. The Hall–Kier alpha value is -0.670. The van der Waals surface area contributed by atoms with Gasteiger partial charge in [-0.05, 0) is 18.1 Å². The lowest BCUT2D eigenvalue weighted by Gasteiger charge is -2.02. The third-order valence-corrected chi connectivity index (χ3v) is 3.20. The molecule has 0 amide bonds. The van der Waals surface area contributed by atoms with Crippen LogP contribution in [0.25, 0.3) is 0 Å². The Morgan fingerprint density at radius 2 is 1.88 bits per heavy atom. The van der Waals surface area contributed by atoms with Crippen LogP contribution in [0.3, 0.4) is 0 Å². The zero-order chi connectivity index (χ0) is 12.0. The van der Waals surface area contributed by atoms with E-state index in [9.17, 15) is 9.59 Å². The van der Waals surface area contributed by atoms with Crippen molar-refractivity contribution in [1.29, 1.82) is 0 Å². The first-order valence-corrected chi connectivity index (χ1v) is 6.33. The number of Topliss-reactive ketones (excluding diaryl/α,β-unsaturated/α-hetero) is 2. The van der Waals surface area contributed by atoms with Crippen LogP contribution >= 0.6 is 27.5 Å². The van der Waals surface area contributed by atoms with Crippen molar-refractivity contribution in [3.63, 3.8) is 0 Å². The molecule has 0 unspecified atom stereocenters. The quantitative estimate of drug-likeness (QED) is 0.597. The van der Waals surface area contributed by atoms with Crippen molar-refractivity contribution in [2.45, 2.75) is 19.3 Å². The number of rotatable bonds is 6. The number of hydrogen-bond acceptors (Lipinski definition) is 2. The van der Waals surface area contributed by atoms with Crippen LogP contribution in [0.1, 0.15) is 18.4 Å². The number of alkyl halides is 1. The van der Waals surface area contributed by atoms with Crippen LogP contribution in [0.2, 0.25) is 0 Å². The topological polar surface area (TPSA) is 34.1 Å². The van der Waals surface area contributed by atoms with Crippen molar-refractivity contribution in [2.75, 3.05) is 5.88 Å². The third-order valence-electron chi connectivity index (χ3n) is 2.16. The van der Waals surface area contributed by atoms with Gasteiger partial charge in [-0.1, -0.05) is 34.1 Å². The van der Waals surface area contributed by atoms with Gasteiger partial charge in [0.15, 0.2) is 5.78 Å². The molecule has 0 atom stereocenters. The summed E-state index contributed by atoms with van der Waals surface area (Å²) in [5.41, 5.74) is 0.840. The van der Waals surface area contributed by atoms with E-state index >= 15 is 0 Å². The summed E-state index contributed by atoms with van der Waals surface area (Å²) in [6, 6.07) is 7.40. The highest BCUT2D eigenvalue weighted by atomic mass is 79.9. The highest BCUT2D eigenvalue weighted by molar-refractivity contribution is 9.10. The minimum absolute atomic E-state index is 0.155. The maximum absolute atomic E-state index is 11.6. The average molecular weight is 304 g/mol. The second-order valence-electron chi connectivity index (χ2n) is 3.41. The van der Waals surface area contributed by atoms with Crippen molar-refractivity contribution in [3.8, 4) is 0 Å². The van der Waals surface area contributed by atoms with Gasteiger partial charge in [-0.15, -0.1) is 11.6 Å². The molecule has 1 aromatic carbocycles. The summed E-state index contributed by atoms with van der Waals surface area (Å²) in [4.78, 5) is 23.0. The number of halogens is 2. The van der Waals surface area contributed by atoms with Gasteiger partial charge in [0.2, 0.25) is 5.78 Å². The molecule has 0 aromatic heterocycles. The Morgan fingerprint density at radius 3 is 2.50 bits per heavy atom. The summed E-state index contributed by atoms with van der Waals surface area (Å²) in [5, 5.41) is 0. The molecule has 0 N–H and O–H groups in total. The molecule has 4 heteroatoms. The van der Waals surface area contributed by atoms with Crippen molar-refractivity contribution in [3.05, 3.63) is 34.3 Å². The molecule has 0 aliphatic carbocycles. The van der Waals surface area contributed by atoms with Gasteiger partial charge in [0.05, 0.1) is 0 Å². The lowest BCUT2D eigenvalue weighted by atomic mass is 10.0. The minimum Gasteiger partial charge on any atom is -0.291 e. The van der Waals surface area contributed by atoms with Gasteiger partial charge in [-0.25, -0.2) is 0 Å². The van der Waals surface area contributed by atoms with E-state index in [1.54, 1.807) is 0 Å². The second kappa shape index (κ2) is 6.81. The van der Waals surface area contributed by atoms with Crippen molar-refractivity contribution >= 4 is 39.1 Å². The highest BCUT2D eigenvalue weighted by Gasteiger charge is 2.14. The molecular formula is C12H12BrClO2. The van der Waals surface area contributed by atoms with Crippen LogP contribution in [0.15, 0.2) is 28.7 Å². The van der Waals surface area contributed by atoms with Crippen molar-refractivity contribution in [2.24, 2.45) is 0 Å². The molecule has 0 aliphatic heterocycles. The van der Waals surface area contributed by atoms with E-state index in [-0.39, 0.29) is 24.4 Å². The second-order valence-corrected chi connectivity index (χ2v) is 4.64.